The molecule has 0 aliphatic heterocycles. The summed E-state index contributed by atoms with van der Waals surface area (Å²) < 4.78 is 7.04. The van der Waals surface area contributed by atoms with Gasteiger partial charge in [-0.1, -0.05) is 41.9 Å². The molecule has 0 fully saturated rings. The number of carbonyl (C=O) groups is 1. The van der Waals surface area contributed by atoms with E-state index in [4.69, 9.17) is 21.4 Å². The van der Waals surface area contributed by atoms with E-state index in [2.05, 4.69) is 10.5 Å². The summed E-state index contributed by atoms with van der Waals surface area (Å²) in [4.78, 5) is 12.2. The number of rotatable bonds is 7. The third-order valence-corrected chi connectivity index (χ3v) is 5.05. The second-order valence-electron chi connectivity index (χ2n) is 7.04. The summed E-state index contributed by atoms with van der Waals surface area (Å²) in [6, 6.07) is 24.6. The van der Waals surface area contributed by atoms with Gasteiger partial charge in [-0.05, 0) is 54.1 Å². The summed E-state index contributed by atoms with van der Waals surface area (Å²) in [6.07, 6.45) is 3.69. The number of aromatic nitrogens is 2. The zero-order valence-corrected chi connectivity index (χ0v) is 18.2. The van der Waals surface area contributed by atoms with E-state index in [-0.39, 0.29) is 12.3 Å². The van der Waals surface area contributed by atoms with Crippen LogP contribution in [0.4, 0.5) is 0 Å². The van der Waals surface area contributed by atoms with Crippen LogP contribution in [-0.2, 0) is 11.2 Å². The van der Waals surface area contributed by atoms with Gasteiger partial charge in [0.05, 0.1) is 25.4 Å². The highest BCUT2D eigenvalue weighted by Crippen LogP contribution is 2.25. The topological polar surface area (TPSA) is 68.5 Å². The largest absolute Gasteiger partial charge is 0.497 e. The molecule has 3 aromatic carbocycles. The second-order valence-corrected chi connectivity index (χ2v) is 7.47. The summed E-state index contributed by atoms with van der Waals surface area (Å²) in [5, 5.41) is 9.53. The Morgan fingerprint density at radius 2 is 1.78 bits per heavy atom. The zero-order valence-electron chi connectivity index (χ0n) is 17.4. The number of halogens is 1. The van der Waals surface area contributed by atoms with E-state index >= 15 is 0 Å². The number of hydrogen-bond acceptors (Lipinski definition) is 4. The van der Waals surface area contributed by atoms with Crippen LogP contribution in [0.5, 0.6) is 5.75 Å². The van der Waals surface area contributed by atoms with Crippen LogP contribution in [0.15, 0.2) is 90.2 Å². The number of nitrogens with one attached hydrogen (secondary N) is 1. The maximum absolute atomic E-state index is 12.2. The average Bonchev–Trinajstić information content (AvgIpc) is 3.25. The fourth-order valence-corrected chi connectivity index (χ4v) is 3.29. The molecule has 1 N–H and O–H groups in total. The van der Waals surface area contributed by atoms with Gasteiger partial charge in [-0.3, -0.25) is 4.79 Å². The number of benzene rings is 3. The Kier molecular flexibility index (Phi) is 6.63. The monoisotopic (exact) mass is 444 g/mol. The molecular formula is C25H21ClN4O2. The quantitative estimate of drug-likeness (QED) is 0.326. The number of para-hydroxylation sites is 1. The van der Waals surface area contributed by atoms with Crippen LogP contribution in [0.2, 0.25) is 5.02 Å². The predicted molar refractivity (Wildman–Crippen MR) is 126 cm³/mol. The number of carbonyl (C=O) groups excluding carboxylic acids is 1. The normalized spacial score (nSPS) is 10.9. The molecule has 0 saturated heterocycles. The summed E-state index contributed by atoms with van der Waals surface area (Å²) >= 11 is 5.89. The van der Waals surface area contributed by atoms with Crippen molar-refractivity contribution in [2.75, 3.05) is 7.11 Å². The average molecular weight is 445 g/mol. The summed E-state index contributed by atoms with van der Waals surface area (Å²) in [6.45, 7) is 0. The SMILES string of the molecule is COc1ccc(-c2nn(-c3ccccc3)cc2/C=N/NC(=O)Cc2ccc(Cl)cc2)cc1. The number of amides is 1. The standard InChI is InChI=1S/C25H21ClN4O2/c1-32-23-13-9-19(10-14-23)25-20(17-30(29-25)22-5-3-2-4-6-22)16-27-28-24(31)15-18-7-11-21(26)12-8-18/h2-14,16-17H,15H2,1H3,(H,28,31)/b27-16+. The summed E-state index contributed by atoms with van der Waals surface area (Å²) in [5.41, 5.74) is 6.79. The Balaban J connectivity index is 1.56. The van der Waals surface area contributed by atoms with Gasteiger partial charge >= 0.3 is 0 Å². The molecule has 1 amide bonds. The first-order valence-electron chi connectivity index (χ1n) is 9.98. The van der Waals surface area contributed by atoms with Gasteiger partial charge < -0.3 is 4.74 Å². The van der Waals surface area contributed by atoms with Crippen molar-refractivity contribution in [1.82, 2.24) is 15.2 Å². The van der Waals surface area contributed by atoms with Crippen molar-refractivity contribution in [3.05, 3.63) is 101 Å². The highest BCUT2D eigenvalue weighted by atomic mass is 35.5. The predicted octanol–water partition coefficient (Wildman–Crippen LogP) is 4.89. The molecular weight excluding hydrogens is 424 g/mol. The van der Waals surface area contributed by atoms with Gasteiger partial charge in [0, 0.05) is 22.3 Å². The molecule has 0 atom stereocenters. The molecule has 6 nitrogen and oxygen atoms in total. The van der Waals surface area contributed by atoms with Crippen LogP contribution >= 0.6 is 11.6 Å². The molecule has 0 saturated carbocycles. The minimum atomic E-state index is -0.218. The third-order valence-electron chi connectivity index (χ3n) is 4.80. The van der Waals surface area contributed by atoms with E-state index in [1.807, 2.05) is 72.9 Å². The second kappa shape index (κ2) is 9.94. The van der Waals surface area contributed by atoms with Gasteiger partial charge in [-0.2, -0.15) is 10.2 Å². The first kappa shape index (κ1) is 21.3. The smallest absolute Gasteiger partial charge is 0.244 e. The highest BCUT2D eigenvalue weighted by Gasteiger charge is 2.12. The van der Waals surface area contributed by atoms with Crippen molar-refractivity contribution >= 4 is 23.7 Å². The molecule has 32 heavy (non-hydrogen) atoms. The number of hydrogen-bond donors (Lipinski definition) is 1. The molecule has 1 aromatic heterocycles. The van der Waals surface area contributed by atoms with Gasteiger partial charge in [0.2, 0.25) is 5.91 Å². The van der Waals surface area contributed by atoms with Crippen LogP contribution in [-0.4, -0.2) is 29.0 Å². The van der Waals surface area contributed by atoms with E-state index in [9.17, 15) is 4.79 Å². The fraction of sp³-hybridized carbons (Fsp3) is 0.0800. The minimum Gasteiger partial charge on any atom is -0.497 e. The zero-order chi connectivity index (χ0) is 22.3. The number of methoxy groups -OCH3 is 1. The van der Waals surface area contributed by atoms with Crippen LogP contribution in [0.25, 0.3) is 16.9 Å². The Labute approximate surface area is 191 Å². The van der Waals surface area contributed by atoms with Gasteiger partial charge in [0.1, 0.15) is 11.4 Å². The number of nitrogens with zero attached hydrogens (tertiary/aromatic N) is 3. The minimum absolute atomic E-state index is 0.211. The summed E-state index contributed by atoms with van der Waals surface area (Å²) in [5.74, 6) is 0.547. The lowest BCUT2D eigenvalue weighted by molar-refractivity contribution is -0.120. The maximum Gasteiger partial charge on any atom is 0.244 e. The molecule has 0 aliphatic rings. The van der Waals surface area contributed by atoms with E-state index in [0.717, 1.165) is 33.8 Å². The first-order chi connectivity index (χ1) is 15.6. The Morgan fingerprint density at radius 1 is 1.06 bits per heavy atom. The van der Waals surface area contributed by atoms with Crippen LogP contribution in [0.3, 0.4) is 0 Å². The van der Waals surface area contributed by atoms with E-state index < -0.39 is 0 Å². The van der Waals surface area contributed by atoms with E-state index in [1.165, 1.54) is 0 Å². The van der Waals surface area contributed by atoms with Crippen LogP contribution < -0.4 is 10.2 Å². The van der Waals surface area contributed by atoms with Gasteiger partial charge in [0.15, 0.2) is 0 Å². The summed E-state index contributed by atoms with van der Waals surface area (Å²) in [7, 11) is 1.63. The van der Waals surface area contributed by atoms with Crippen molar-refractivity contribution in [3.63, 3.8) is 0 Å². The molecule has 0 spiro atoms. The van der Waals surface area contributed by atoms with E-state index in [0.29, 0.717) is 5.02 Å². The Bertz CT molecular complexity index is 1220. The van der Waals surface area contributed by atoms with Crippen molar-refractivity contribution in [2.45, 2.75) is 6.42 Å². The Hall–Kier alpha value is -3.90. The van der Waals surface area contributed by atoms with Crippen molar-refractivity contribution in [1.29, 1.82) is 0 Å². The van der Waals surface area contributed by atoms with Gasteiger partial charge in [-0.15, -0.1) is 0 Å². The molecule has 1 heterocycles. The van der Waals surface area contributed by atoms with Gasteiger partial charge in [0.25, 0.3) is 0 Å². The number of hydrazone groups is 1. The molecule has 0 unspecified atom stereocenters. The van der Waals surface area contributed by atoms with Crippen molar-refractivity contribution in [2.24, 2.45) is 5.10 Å². The van der Waals surface area contributed by atoms with E-state index in [1.54, 1.807) is 30.1 Å². The molecule has 0 aliphatic carbocycles. The van der Waals surface area contributed by atoms with Crippen molar-refractivity contribution < 1.29 is 9.53 Å². The molecule has 4 aromatic rings. The van der Waals surface area contributed by atoms with Crippen LogP contribution in [0, 0.1) is 0 Å². The van der Waals surface area contributed by atoms with Gasteiger partial charge in [-0.25, -0.2) is 10.1 Å². The molecule has 0 radical (unpaired) electrons. The lowest BCUT2D eigenvalue weighted by atomic mass is 10.1. The maximum atomic E-state index is 12.2. The molecule has 4 rings (SSSR count). The molecule has 7 heteroatoms. The number of ether oxygens (including phenoxy) is 1. The molecule has 160 valence electrons. The third kappa shape index (κ3) is 5.22. The van der Waals surface area contributed by atoms with Crippen molar-refractivity contribution in [3.8, 4) is 22.7 Å². The van der Waals surface area contributed by atoms with Crippen LogP contribution in [0.1, 0.15) is 11.1 Å². The lowest BCUT2D eigenvalue weighted by Crippen LogP contribution is -2.19. The molecule has 0 bridgehead atoms. The Morgan fingerprint density at radius 3 is 2.47 bits per heavy atom. The fourth-order valence-electron chi connectivity index (χ4n) is 3.17. The first-order valence-corrected chi connectivity index (χ1v) is 10.4. The lowest BCUT2D eigenvalue weighted by Gasteiger charge is -2.03. The highest BCUT2D eigenvalue weighted by molar-refractivity contribution is 6.30.